The van der Waals surface area contributed by atoms with E-state index in [-0.39, 0.29) is 36.3 Å². The first-order valence-corrected chi connectivity index (χ1v) is 8.05. The first-order chi connectivity index (χ1) is 11.7. The fraction of sp³-hybridized carbons (Fsp3) is 0.316. The smallest absolute Gasteiger partial charge is 0.225 e. The highest BCUT2D eigenvalue weighted by Crippen LogP contribution is 2.40. The van der Waals surface area contributed by atoms with E-state index in [1.54, 1.807) is 18.2 Å². The zero-order chi connectivity index (χ0) is 18.2. The van der Waals surface area contributed by atoms with E-state index in [1.807, 2.05) is 13.8 Å². The summed E-state index contributed by atoms with van der Waals surface area (Å²) >= 11 is 0. The Labute approximate surface area is 157 Å². The van der Waals surface area contributed by atoms with Crippen LogP contribution in [0.25, 0.3) is 0 Å². The number of hydrogen-bond acceptors (Lipinski definition) is 3. The molecular weight excluding hydrogens is 362 g/mol. The van der Waals surface area contributed by atoms with Crippen molar-refractivity contribution in [2.24, 2.45) is 0 Å². The van der Waals surface area contributed by atoms with E-state index >= 15 is 0 Å². The number of fused-ring (bicyclic) bond motifs is 1. The molecule has 1 heterocycles. The summed E-state index contributed by atoms with van der Waals surface area (Å²) < 4.78 is 32.7. The van der Waals surface area contributed by atoms with Crippen LogP contribution in [-0.4, -0.2) is 11.5 Å². The molecule has 0 aromatic heterocycles. The molecular formula is C19H21ClF2N2O2. The number of rotatable bonds is 3. The van der Waals surface area contributed by atoms with Crippen LogP contribution in [0, 0.1) is 11.6 Å². The van der Waals surface area contributed by atoms with Crippen LogP contribution in [0.15, 0.2) is 36.4 Å². The molecule has 0 aliphatic carbocycles. The highest BCUT2D eigenvalue weighted by atomic mass is 35.5. The summed E-state index contributed by atoms with van der Waals surface area (Å²) in [6.07, 6.45) is 0.392. The quantitative estimate of drug-likeness (QED) is 0.790. The van der Waals surface area contributed by atoms with E-state index in [9.17, 15) is 13.6 Å². The van der Waals surface area contributed by atoms with Gasteiger partial charge in [0.05, 0.1) is 12.5 Å². The second kappa shape index (κ2) is 7.50. The minimum Gasteiger partial charge on any atom is -0.487 e. The highest BCUT2D eigenvalue weighted by Gasteiger charge is 2.34. The summed E-state index contributed by atoms with van der Waals surface area (Å²) in [6, 6.07) is 8.20. The van der Waals surface area contributed by atoms with Crippen LogP contribution >= 0.6 is 12.4 Å². The summed E-state index contributed by atoms with van der Waals surface area (Å²) in [4.78, 5) is 12.4. The van der Waals surface area contributed by atoms with Crippen molar-refractivity contribution in [1.29, 1.82) is 0 Å². The largest absolute Gasteiger partial charge is 0.487 e. The molecule has 0 saturated carbocycles. The minimum atomic E-state index is -0.730. The lowest BCUT2D eigenvalue weighted by atomic mass is 9.89. The van der Waals surface area contributed by atoms with Gasteiger partial charge in [0, 0.05) is 23.7 Å². The Bertz CT molecular complexity index is 827. The van der Waals surface area contributed by atoms with Crippen molar-refractivity contribution in [3.05, 3.63) is 59.2 Å². The highest BCUT2D eigenvalue weighted by molar-refractivity contribution is 5.85. The second-order valence-electron chi connectivity index (χ2n) is 6.90. The Balaban J connectivity index is 0.00000243. The van der Waals surface area contributed by atoms with Crippen molar-refractivity contribution in [2.45, 2.75) is 38.3 Å². The number of benzene rings is 2. The first kappa shape index (κ1) is 20.0. The van der Waals surface area contributed by atoms with Crippen molar-refractivity contribution < 1.29 is 18.3 Å². The van der Waals surface area contributed by atoms with E-state index < -0.39 is 17.2 Å². The number of nitrogens with one attached hydrogen (secondary N) is 1. The third kappa shape index (κ3) is 4.43. The van der Waals surface area contributed by atoms with Crippen LogP contribution in [0.3, 0.4) is 0 Å². The van der Waals surface area contributed by atoms with Crippen LogP contribution in [0.4, 0.5) is 14.5 Å². The molecule has 1 aliphatic rings. The van der Waals surface area contributed by atoms with Gasteiger partial charge in [-0.2, -0.15) is 0 Å². The summed E-state index contributed by atoms with van der Waals surface area (Å²) in [5.74, 6) is -1.07. The Kier molecular flexibility index (Phi) is 5.76. The lowest BCUT2D eigenvalue weighted by Crippen LogP contribution is -2.41. The third-order valence-corrected chi connectivity index (χ3v) is 4.19. The molecule has 0 fully saturated rings. The molecule has 4 nitrogen and oxygen atoms in total. The van der Waals surface area contributed by atoms with E-state index in [4.69, 9.17) is 10.5 Å². The summed E-state index contributed by atoms with van der Waals surface area (Å²) in [7, 11) is 0. The molecule has 0 saturated heterocycles. The van der Waals surface area contributed by atoms with Gasteiger partial charge in [0.25, 0.3) is 0 Å². The van der Waals surface area contributed by atoms with Crippen molar-refractivity contribution in [3.8, 4) is 5.75 Å². The molecule has 7 heteroatoms. The van der Waals surface area contributed by atoms with Crippen LogP contribution in [0.5, 0.6) is 5.75 Å². The molecule has 2 aromatic carbocycles. The number of nitrogen functional groups attached to an aromatic ring is 1. The zero-order valence-corrected chi connectivity index (χ0v) is 15.3. The van der Waals surface area contributed by atoms with E-state index in [1.165, 1.54) is 6.07 Å². The maximum atomic E-state index is 13.7. The third-order valence-electron chi connectivity index (χ3n) is 4.19. The fourth-order valence-corrected chi connectivity index (χ4v) is 3.09. The number of amides is 1. The molecule has 3 rings (SSSR count). The average molecular weight is 383 g/mol. The van der Waals surface area contributed by atoms with Crippen molar-refractivity contribution >= 4 is 24.0 Å². The van der Waals surface area contributed by atoms with E-state index in [0.29, 0.717) is 17.9 Å². The Hall–Kier alpha value is -2.34. The van der Waals surface area contributed by atoms with E-state index in [0.717, 1.165) is 17.7 Å². The molecule has 3 N–H and O–H groups in total. The molecule has 0 spiro atoms. The van der Waals surface area contributed by atoms with Crippen LogP contribution in [-0.2, 0) is 11.2 Å². The van der Waals surface area contributed by atoms with Gasteiger partial charge in [-0.15, -0.1) is 12.4 Å². The first-order valence-electron chi connectivity index (χ1n) is 8.05. The van der Waals surface area contributed by atoms with Gasteiger partial charge in [-0.25, -0.2) is 8.78 Å². The van der Waals surface area contributed by atoms with Crippen molar-refractivity contribution in [1.82, 2.24) is 5.32 Å². The summed E-state index contributed by atoms with van der Waals surface area (Å²) in [6.45, 7) is 3.87. The number of ether oxygens (including phenoxy) is 1. The number of anilines is 1. The molecule has 0 bridgehead atoms. The van der Waals surface area contributed by atoms with Gasteiger partial charge < -0.3 is 15.8 Å². The van der Waals surface area contributed by atoms with Crippen molar-refractivity contribution in [2.75, 3.05) is 5.73 Å². The van der Waals surface area contributed by atoms with Gasteiger partial charge >= 0.3 is 0 Å². The lowest BCUT2D eigenvalue weighted by molar-refractivity contribution is -0.121. The molecule has 26 heavy (non-hydrogen) atoms. The normalized spacial score (nSPS) is 17.5. The predicted molar refractivity (Wildman–Crippen MR) is 98.4 cm³/mol. The Morgan fingerprint density at radius 1 is 1.27 bits per heavy atom. The van der Waals surface area contributed by atoms with E-state index in [2.05, 4.69) is 5.32 Å². The maximum absolute atomic E-state index is 13.7. The van der Waals surface area contributed by atoms with Gasteiger partial charge in [-0.05, 0) is 43.7 Å². The predicted octanol–water partition coefficient (Wildman–Crippen LogP) is 3.93. The Morgan fingerprint density at radius 3 is 2.69 bits per heavy atom. The molecule has 2 aromatic rings. The number of halogens is 3. The molecule has 1 aliphatic heterocycles. The minimum absolute atomic E-state index is 0. The zero-order valence-electron chi connectivity index (χ0n) is 14.5. The van der Waals surface area contributed by atoms with Crippen molar-refractivity contribution in [3.63, 3.8) is 0 Å². The number of hydrogen-bond donors (Lipinski definition) is 2. The Morgan fingerprint density at radius 2 is 2.00 bits per heavy atom. The summed E-state index contributed by atoms with van der Waals surface area (Å²) in [5.41, 5.74) is 6.91. The van der Waals surface area contributed by atoms with Gasteiger partial charge in [0.1, 0.15) is 23.0 Å². The van der Waals surface area contributed by atoms with Gasteiger partial charge in [-0.3, -0.25) is 4.79 Å². The van der Waals surface area contributed by atoms with Crippen LogP contribution in [0.1, 0.15) is 37.4 Å². The van der Waals surface area contributed by atoms with Gasteiger partial charge in [-0.1, -0.05) is 6.07 Å². The monoisotopic (exact) mass is 382 g/mol. The number of carbonyl (C=O) groups excluding carboxylic acids is 1. The molecule has 0 radical (unpaired) electrons. The molecule has 140 valence electrons. The van der Waals surface area contributed by atoms with Gasteiger partial charge in [0.15, 0.2) is 0 Å². The maximum Gasteiger partial charge on any atom is 0.225 e. The SMILES string of the molecule is CC1(C)CC(NC(=O)Cc2ccc(F)cc2F)c2cc(N)ccc2O1.Cl. The second-order valence-corrected chi connectivity index (χ2v) is 6.90. The number of nitrogens with two attached hydrogens (primary N) is 1. The van der Waals surface area contributed by atoms with Gasteiger partial charge in [0.2, 0.25) is 5.91 Å². The number of carbonyl (C=O) groups is 1. The topological polar surface area (TPSA) is 64.4 Å². The molecule has 1 atom stereocenters. The molecule has 1 unspecified atom stereocenters. The fourth-order valence-electron chi connectivity index (χ4n) is 3.09. The molecule has 1 amide bonds. The van der Waals surface area contributed by atoms with Crippen LogP contribution in [0.2, 0.25) is 0 Å². The van der Waals surface area contributed by atoms with Crippen LogP contribution < -0.4 is 15.8 Å². The standard InChI is InChI=1S/C19H20F2N2O2.ClH/c1-19(2)10-16(14-9-13(22)5-6-17(14)25-19)23-18(24)7-11-3-4-12(20)8-15(11)21;/h3-6,8-9,16H,7,10,22H2,1-2H3,(H,23,24);1H. The summed E-state index contributed by atoms with van der Waals surface area (Å²) in [5, 5.41) is 2.91. The average Bonchev–Trinajstić information content (AvgIpc) is 2.50. The lowest BCUT2D eigenvalue weighted by Gasteiger charge is -2.38.